The lowest BCUT2D eigenvalue weighted by atomic mass is 10.0. The fourth-order valence-corrected chi connectivity index (χ4v) is 4.14. The second-order valence-corrected chi connectivity index (χ2v) is 7.70. The van der Waals surface area contributed by atoms with Gasteiger partial charge in [-0.05, 0) is 62.2 Å². The highest BCUT2D eigenvalue weighted by Crippen LogP contribution is 2.30. The van der Waals surface area contributed by atoms with Crippen LogP contribution in [-0.2, 0) is 6.42 Å². The lowest BCUT2D eigenvalue weighted by Gasteiger charge is -2.20. The lowest BCUT2D eigenvalue weighted by Crippen LogP contribution is -2.29. The van der Waals surface area contributed by atoms with Crippen molar-refractivity contribution < 1.29 is 0 Å². The highest BCUT2D eigenvalue weighted by molar-refractivity contribution is 6.34. The summed E-state index contributed by atoms with van der Waals surface area (Å²) in [6.45, 7) is 4.62. The number of benzene rings is 1. The molecule has 3 nitrogen and oxygen atoms in total. The third-order valence-corrected chi connectivity index (χ3v) is 5.72. The quantitative estimate of drug-likeness (QED) is 0.544. The molecule has 0 unspecified atom stereocenters. The molecule has 26 heavy (non-hydrogen) atoms. The van der Waals surface area contributed by atoms with Crippen LogP contribution in [0.25, 0.3) is 22.0 Å². The highest BCUT2D eigenvalue weighted by Gasteiger charge is 2.19. The molecule has 0 bridgehead atoms. The molecular formula is C21H21Cl2N3. The molecule has 3 heterocycles. The van der Waals surface area contributed by atoms with Gasteiger partial charge in [-0.15, -0.1) is 0 Å². The van der Waals surface area contributed by atoms with E-state index in [1.807, 2.05) is 12.1 Å². The summed E-state index contributed by atoms with van der Waals surface area (Å²) in [4.78, 5) is 11.5. The van der Waals surface area contributed by atoms with E-state index in [0.29, 0.717) is 16.3 Å². The number of rotatable bonds is 4. The van der Waals surface area contributed by atoms with Crippen molar-refractivity contribution >= 4 is 34.1 Å². The molecule has 2 aromatic heterocycles. The summed E-state index contributed by atoms with van der Waals surface area (Å²) in [6, 6.07) is 14.8. The van der Waals surface area contributed by atoms with E-state index in [2.05, 4.69) is 41.1 Å². The van der Waals surface area contributed by atoms with Crippen LogP contribution in [0.3, 0.4) is 0 Å². The first kappa shape index (κ1) is 17.7. The zero-order valence-corrected chi connectivity index (χ0v) is 16.3. The van der Waals surface area contributed by atoms with Crippen LogP contribution in [0.5, 0.6) is 0 Å². The van der Waals surface area contributed by atoms with E-state index in [1.54, 1.807) is 6.07 Å². The average Bonchev–Trinajstić information content (AvgIpc) is 3.04. The largest absolute Gasteiger partial charge is 0.300 e. The van der Waals surface area contributed by atoms with Crippen LogP contribution in [0.15, 0.2) is 42.5 Å². The van der Waals surface area contributed by atoms with E-state index in [-0.39, 0.29) is 0 Å². The van der Waals surface area contributed by atoms with Gasteiger partial charge in [0, 0.05) is 35.7 Å². The molecule has 1 saturated heterocycles. The molecule has 0 aliphatic carbocycles. The minimum atomic E-state index is 0.401. The van der Waals surface area contributed by atoms with Crippen molar-refractivity contribution in [3.05, 3.63) is 58.5 Å². The standard InChI is InChI=1S/C21H21Cl2N3/c1-14-3-2-11-26(14)12-10-17-6-4-16-13-15(5-8-19(16)24-17)18-7-9-20(22)25-21(18)23/h4-9,13-14H,2-3,10-12H2,1H3/t14-/m1/s1. The van der Waals surface area contributed by atoms with Gasteiger partial charge >= 0.3 is 0 Å². The SMILES string of the molecule is C[C@@H]1CCCN1CCc1ccc2cc(-c3ccc(Cl)nc3Cl)ccc2n1. The van der Waals surface area contributed by atoms with Crippen molar-refractivity contribution in [2.45, 2.75) is 32.2 Å². The molecule has 3 aromatic rings. The summed E-state index contributed by atoms with van der Waals surface area (Å²) in [7, 11) is 0. The third-order valence-electron chi connectivity index (χ3n) is 5.22. The molecule has 0 radical (unpaired) electrons. The minimum absolute atomic E-state index is 0.401. The Bertz CT molecular complexity index is 942. The number of nitrogens with zero attached hydrogens (tertiary/aromatic N) is 3. The smallest absolute Gasteiger partial charge is 0.138 e. The van der Waals surface area contributed by atoms with Gasteiger partial charge in [0.05, 0.1) is 5.52 Å². The number of fused-ring (bicyclic) bond motifs is 1. The maximum absolute atomic E-state index is 6.24. The number of likely N-dealkylation sites (tertiary alicyclic amines) is 1. The second-order valence-electron chi connectivity index (χ2n) is 6.96. The zero-order valence-electron chi connectivity index (χ0n) is 14.8. The van der Waals surface area contributed by atoms with Crippen LogP contribution >= 0.6 is 23.2 Å². The van der Waals surface area contributed by atoms with E-state index >= 15 is 0 Å². The fraction of sp³-hybridized carbons (Fsp3) is 0.333. The first-order chi connectivity index (χ1) is 12.6. The molecule has 0 amide bonds. The molecule has 5 heteroatoms. The summed E-state index contributed by atoms with van der Waals surface area (Å²) >= 11 is 12.1. The molecule has 0 spiro atoms. The van der Waals surface area contributed by atoms with Gasteiger partial charge in [-0.2, -0.15) is 0 Å². The van der Waals surface area contributed by atoms with Gasteiger partial charge in [-0.3, -0.25) is 4.98 Å². The molecule has 1 aliphatic rings. The molecule has 0 saturated carbocycles. The highest BCUT2D eigenvalue weighted by atomic mass is 35.5. The Balaban J connectivity index is 1.56. The molecule has 4 rings (SSSR count). The van der Waals surface area contributed by atoms with Crippen LogP contribution < -0.4 is 0 Å². The minimum Gasteiger partial charge on any atom is -0.300 e. The van der Waals surface area contributed by atoms with Crippen molar-refractivity contribution in [3.8, 4) is 11.1 Å². The van der Waals surface area contributed by atoms with E-state index in [0.717, 1.165) is 40.7 Å². The summed E-state index contributed by atoms with van der Waals surface area (Å²) in [5, 5.41) is 1.92. The van der Waals surface area contributed by atoms with Gasteiger partial charge in [0.2, 0.25) is 0 Å². The van der Waals surface area contributed by atoms with Crippen LogP contribution in [0.4, 0.5) is 0 Å². The monoisotopic (exact) mass is 385 g/mol. The van der Waals surface area contributed by atoms with E-state index in [1.165, 1.54) is 19.4 Å². The Morgan fingerprint density at radius 3 is 2.73 bits per heavy atom. The summed E-state index contributed by atoms with van der Waals surface area (Å²) in [5.41, 5.74) is 4.06. The second kappa shape index (κ2) is 7.51. The molecule has 0 N–H and O–H groups in total. The van der Waals surface area contributed by atoms with Crippen molar-refractivity contribution in [2.75, 3.05) is 13.1 Å². The van der Waals surface area contributed by atoms with Crippen LogP contribution in [0.2, 0.25) is 10.3 Å². The summed E-state index contributed by atoms with van der Waals surface area (Å²) in [6.07, 6.45) is 3.63. The zero-order chi connectivity index (χ0) is 18.1. The Morgan fingerprint density at radius 1 is 1.08 bits per heavy atom. The predicted octanol–water partition coefficient (Wildman–Crippen LogP) is 5.63. The number of pyridine rings is 2. The number of aromatic nitrogens is 2. The van der Waals surface area contributed by atoms with E-state index in [4.69, 9.17) is 28.2 Å². The van der Waals surface area contributed by atoms with Crippen molar-refractivity contribution in [2.24, 2.45) is 0 Å². The molecule has 134 valence electrons. The maximum atomic E-state index is 6.24. The van der Waals surface area contributed by atoms with E-state index < -0.39 is 0 Å². The van der Waals surface area contributed by atoms with Gasteiger partial charge in [0.1, 0.15) is 10.3 Å². The Morgan fingerprint density at radius 2 is 1.96 bits per heavy atom. The van der Waals surface area contributed by atoms with Crippen molar-refractivity contribution in [3.63, 3.8) is 0 Å². The molecule has 1 atom stereocenters. The normalized spacial score (nSPS) is 17.9. The molecular weight excluding hydrogens is 365 g/mol. The third kappa shape index (κ3) is 3.71. The van der Waals surface area contributed by atoms with E-state index in [9.17, 15) is 0 Å². The maximum Gasteiger partial charge on any atom is 0.138 e. The van der Waals surface area contributed by atoms with Gasteiger partial charge in [-0.25, -0.2) is 4.98 Å². The van der Waals surface area contributed by atoms with Gasteiger partial charge in [0.25, 0.3) is 0 Å². The van der Waals surface area contributed by atoms with Crippen molar-refractivity contribution in [1.82, 2.24) is 14.9 Å². The van der Waals surface area contributed by atoms with Gasteiger partial charge in [-0.1, -0.05) is 35.3 Å². The summed E-state index contributed by atoms with van der Waals surface area (Å²) in [5.74, 6) is 0. The molecule has 1 aliphatic heterocycles. The van der Waals surface area contributed by atoms with Crippen molar-refractivity contribution in [1.29, 1.82) is 0 Å². The Labute approximate surface area is 164 Å². The molecule has 1 aromatic carbocycles. The molecule has 1 fully saturated rings. The fourth-order valence-electron chi connectivity index (χ4n) is 3.69. The first-order valence-corrected chi connectivity index (χ1v) is 9.82. The number of hydrogen-bond acceptors (Lipinski definition) is 3. The Hall–Kier alpha value is -1.68. The van der Waals surface area contributed by atoms with Crippen LogP contribution in [-0.4, -0.2) is 34.0 Å². The lowest BCUT2D eigenvalue weighted by molar-refractivity contribution is 0.271. The topological polar surface area (TPSA) is 29.0 Å². The predicted molar refractivity (Wildman–Crippen MR) is 109 cm³/mol. The number of halogens is 2. The van der Waals surface area contributed by atoms with Gasteiger partial charge in [0.15, 0.2) is 0 Å². The van der Waals surface area contributed by atoms with Crippen LogP contribution in [0, 0.1) is 0 Å². The van der Waals surface area contributed by atoms with Gasteiger partial charge < -0.3 is 4.90 Å². The Kier molecular flexibility index (Phi) is 5.12. The first-order valence-electron chi connectivity index (χ1n) is 9.06. The average molecular weight is 386 g/mol. The number of hydrogen-bond donors (Lipinski definition) is 0. The summed E-state index contributed by atoms with van der Waals surface area (Å²) < 4.78 is 0. The van der Waals surface area contributed by atoms with Crippen LogP contribution in [0.1, 0.15) is 25.5 Å².